The van der Waals surface area contributed by atoms with Gasteiger partial charge in [0.15, 0.2) is 0 Å². The lowest BCUT2D eigenvalue weighted by Gasteiger charge is -2.17. The van der Waals surface area contributed by atoms with Crippen molar-refractivity contribution in [1.29, 1.82) is 0 Å². The van der Waals surface area contributed by atoms with Gasteiger partial charge in [0.2, 0.25) is 0 Å². The van der Waals surface area contributed by atoms with Crippen LogP contribution in [0.4, 0.5) is 26.3 Å². The first-order chi connectivity index (χ1) is 12.0. The molecule has 9 heteroatoms. The summed E-state index contributed by atoms with van der Waals surface area (Å²) in [6, 6.07) is 6.72. The van der Waals surface area contributed by atoms with Crippen molar-refractivity contribution in [2.45, 2.75) is 19.5 Å². The molecule has 0 aromatic heterocycles. The normalized spacial score (nSPS) is 12.0. The quantitative estimate of drug-likeness (QED) is 0.524. The van der Waals surface area contributed by atoms with Crippen LogP contribution in [0.5, 0.6) is 5.75 Å². The number of carbonyl (C=O) groups excluding carboxylic acids is 1. The van der Waals surface area contributed by atoms with E-state index in [1.807, 2.05) is 0 Å². The first-order valence-electron chi connectivity index (χ1n) is 7.26. The molecule has 0 aliphatic heterocycles. The van der Waals surface area contributed by atoms with Crippen LogP contribution in [0.25, 0.3) is 11.1 Å². The van der Waals surface area contributed by atoms with Gasteiger partial charge in [-0.25, -0.2) is 4.79 Å². The Bertz CT molecular complexity index is 796. The van der Waals surface area contributed by atoms with Crippen molar-refractivity contribution in [3.63, 3.8) is 0 Å². The van der Waals surface area contributed by atoms with Crippen LogP contribution in [0.15, 0.2) is 42.5 Å². The minimum absolute atomic E-state index is 0.0556. The summed E-state index contributed by atoms with van der Waals surface area (Å²) in [4.78, 5) is 12.0. The molecule has 26 heavy (non-hydrogen) atoms. The average molecular weight is 378 g/mol. The molecule has 2 rings (SSSR count). The van der Waals surface area contributed by atoms with Gasteiger partial charge in [-0.1, -0.05) is 18.2 Å². The Balaban J connectivity index is 2.68. The Morgan fingerprint density at radius 2 is 1.62 bits per heavy atom. The Hall–Kier alpha value is -2.71. The number of esters is 1. The molecule has 0 atom stereocenters. The van der Waals surface area contributed by atoms with Gasteiger partial charge in [-0.15, -0.1) is 13.2 Å². The number of ether oxygens (including phenoxy) is 2. The van der Waals surface area contributed by atoms with E-state index in [1.54, 1.807) is 0 Å². The molecule has 0 aliphatic carbocycles. The van der Waals surface area contributed by atoms with E-state index in [-0.39, 0.29) is 17.7 Å². The zero-order valence-corrected chi connectivity index (χ0v) is 13.2. The number of rotatable bonds is 4. The summed E-state index contributed by atoms with van der Waals surface area (Å²) in [6.45, 7) is 1.43. The van der Waals surface area contributed by atoms with Gasteiger partial charge in [-0.3, -0.25) is 0 Å². The molecular formula is C17H12F6O3. The summed E-state index contributed by atoms with van der Waals surface area (Å²) in [6.07, 6.45) is -9.81. The van der Waals surface area contributed by atoms with Gasteiger partial charge < -0.3 is 9.47 Å². The Kier molecular flexibility index (Phi) is 5.48. The Morgan fingerprint density at radius 3 is 2.19 bits per heavy atom. The lowest BCUT2D eigenvalue weighted by molar-refractivity contribution is -0.274. The predicted molar refractivity (Wildman–Crippen MR) is 79.5 cm³/mol. The van der Waals surface area contributed by atoms with Crippen LogP contribution in [0.3, 0.4) is 0 Å². The largest absolute Gasteiger partial charge is 0.573 e. The van der Waals surface area contributed by atoms with Gasteiger partial charge >= 0.3 is 18.5 Å². The summed E-state index contributed by atoms with van der Waals surface area (Å²) in [5, 5.41) is 0. The maximum absolute atomic E-state index is 13.3. The highest BCUT2D eigenvalue weighted by Gasteiger charge is 2.35. The summed E-state index contributed by atoms with van der Waals surface area (Å²) in [5.74, 6) is -1.71. The van der Waals surface area contributed by atoms with Crippen LogP contribution in [0, 0.1) is 0 Å². The van der Waals surface area contributed by atoms with Crippen LogP contribution in [0.1, 0.15) is 22.8 Å². The fourth-order valence-electron chi connectivity index (χ4n) is 2.30. The van der Waals surface area contributed by atoms with Crippen LogP contribution in [-0.2, 0) is 10.9 Å². The zero-order chi connectivity index (χ0) is 19.5. The molecule has 0 N–H and O–H groups in total. The van der Waals surface area contributed by atoms with Gasteiger partial charge in [0.05, 0.1) is 17.7 Å². The van der Waals surface area contributed by atoms with Crippen molar-refractivity contribution in [2.75, 3.05) is 6.61 Å². The SMILES string of the molecule is CCOC(=O)c1ccc(OC(F)(F)F)cc1-c1ccccc1C(F)(F)F. The highest BCUT2D eigenvalue weighted by atomic mass is 19.4. The van der Waals surface area contributed by atoms with Crippen molar-refractivity contribution in [1.82, 2.24) is 0 Å². The molecule has 0 saturated carbocycles. The van der Waals surface area contributed by atoms with E-state index in [1.165, 1.54) is 13.0 Å². The number of hydrogen-bond donors (Lipinski definition) is 0. The minimum atomic E-state index is -5.04. The minimum Gasteiger partial charge on any atom is -0.462 e. The molecule has 0 aliphatic rings. The highest BCUT2D eigenvalue weighted by molar-refractivity contribution is 5.98. The van der Waals surface area contributed by atoms with Gasteiger partial charge in [0.25, 0.3) is 0 Å². The Morgan fingerprint density at radius 1 is 0.962 bits per heavy atom. The molecule has 0 fully saturated rings. The third-order valence-corrected chi connectivity index (χ3v) is 3.24. The molecule has 0 radical (unpaired) electrons. The molecule has 0 heterocycles. The van der Waals surface area contributed by atoms with Gasteiger partial charge in [-0.05, 0) is 36.8 Å². The summed E-state index contributed by atoms with van der Waals surface area (Å²) in [7, 11) is 0. The molecule has 3 nitrogen and oxygen atoms in total. The molecule has 0 saturated heterocycles. The third kappa shape index (κ3) is 4.68. The van der Waals surface area contributed by atoms with Gasteiger partial charge in [0.1, 0.15) is 5.75 Å². The number of benzene rings is 2. The van der Waals surface area contributed by atoms with E-state index in [0.717, 1.165) is 36.4 Å². The molecule has 140 valence electrons. The van der Waals surface area contributed by atoms with Crippen molar-refractivity contribution >= 4 is 5.97 Å². The standard InChI is InChI=1S/C17H12F6O3/c1-2-25-15(24)12-8-7-10(26-17(21,22)23)9-13(12)11-5-3-4-6-14(11)16(18,19)20/h3-9H,2H2,1H3. The summed E-state index contributed by atoms with van der Waals surface area (Å²) in [5.41, 5.74) is -2.25. The van der Waals surface area contributed by atoms with E-state index < -0.39 is 35.4 Å². The third-order valence-electron chi connectivity index (χ3n) is 3.24. The average Bonchev–Trinajstić information content (AvgIpc) is 2.52. The van der Waals surface area contributed by atoms with Crippen LogP contribution in [0.2, 0.25) is 0 Å². The van der Waals surface area contributed by atoms with E-state index in [0.29, 0.717) is 0 Å². The summed E-state index contributed by atoms with van der Waals surface area (Å²) >= 11 is 0. The highest BCUT2D eigenvalue weighted by Crippen LogP contribution is 2.40. The van der Waals surface area contributed by atoms with Crippen LogP contribution >= 0.6 is 0 Å². The first kappa shape index (κ1) is 19.6. The summed E-state index contributed by atoms with van der Waals surface area (Å²) < 4.78 is 85.6. The van der Waals surface area contributed by atoms with Crippen molar-refractivity contribution in [3.05, 3.63) is 53.6 Å². The van der Waals surface area contributed by atoms with Crippen molar-refractivity contribution in [3.8, 4) is 16.9 Å². The van der Waals surface area contributed by atoms with Gasteiger partial charge in [-0.2, -0.15) is 13.2 Å². The number of alkyl halides is 6. The second-order valence-electron chi connectivity index (χ2n) is 5.02. The van der Waals surface area contributed by atoms with Crippen molar-refractivity contribution < 1.29 is 40.6 Å². The van der Waals surface area contributed by atoms with Crippen LogP contribution < -0.4 is 4.74 Å². The number of halogens is 6. The van der Waals surface area contributed by atoms with Gasteiger partial charge in [0, 0.05) is 5.56 Å². The fraction of sp³-hybridized carbons (Fsp3) is 0.235. The van der Waals surface area contributed by atoms with Crippen LogP contribution in [-0.4, -0.2) is 18.9 Å². The predicted octanol–water partition coefficient (Wildman–Crippen LogP) is 5.45. The number of carbonyl (C=O) groups is 1. The lowest BCUT2D eigenvalue weighted by atomic mass is 9.94. The Labute approximate surface area is 144 Å². The molecule has 0 amide bonds. The molecule has 0 bridgehead atoms. The zero-order valence-electron chi connectivity index (χ0n) is 13.2. The van der Waals surface area contributed by atoms with E-state index in [2.05, 4.69) is 4.74 Å². The smallest absolute Gasteiger partial charge is 0.462 e. The molecular weight excluding hydrogens is 366 g/mol. The topological polar surface area (TPSA) is 35.5 Å². The molecule has 0 spiro atoms. The first-order valence-corrected chi connectivity index (χ1v) is 7.26. The van der Waals surface area contributed by atoms with E-state index >= 15 is 0 Å². The number of hydrogen-bond acceptors (Lipinski definition) is 3. The fourth-order valence-corrected chi connectivity index (χ4v) is 2.30. The van der Waals surface area contributed by atoms with Crippen molar-refractivity contribution in [2.24, 2.45) is 0 Å². The van der Waals surface area contributed by atoms with E-state index in [9.17, 15) is 31.1 Å². The maximum Gasteiger partial charge on any atom is 0.573 e. The lowest BCUT2D eigenvalue weighted by Crippen LogP contribution is -2.17. The molecule has 2 aromatic rings. The monoisotopic (exact) mass is 378 g/mol. The molecule has 0 unspecified atom stereocenters. The maximum atomic E-state index is 13.3. The second-order valence-corrected chi connectivity index (χ2v) is 5.02. The second kappa shape index (κ2) is 7.27. The van der Waals surface area contributed by atoms with E-state index in [4.69, 9.17) is 4.74 Å². The molecule has 2 aromatic carbocycles.